The summed E-state index contributed by atoms with van der Waals surface area (Å²) in [5, 5.41) is 7.73. The van der Waals surface area contributed by atoms with Gasteiger partial charge in [0.25, 0.3) is 0 Å². The molecule has 1 fully saturated rings. The Hall–Kier alpha value is -1.03. The molecule has 0 radical (unpaired) electrons. The highest BCUT2D eigenvalue weighted by Gasteiger charge is 2.29. The number of hydrogen-bond acceptors (Lipinski definition) is 3. The monoisotopic (exact) mass is 223 g/mol. The van der Waals surface area contributed by atoms with E-state index < -0.39 is 0 Å². The molecule has 1 saturated carbocycles. The predicted octanol–water partition coefficient (Wildman–Crippen LogP) is 1.77. The normalized spacial score (nSPS) is 24.9. The minimum atomic E-state index is 0.592. The van der Waals surface area contributed by atoms with Crippen LogP contribution in [-0.2, 0) is 6.54 Å². The van der Waals surface area contributed by atoms with Gasteiger partial charge in [0.05, 0.1) is 19.0 Å². The molecular formula is C12H21N3O. The zero-order valence-electron chi connectivity index (χ0n) is 10.4. The number of nitrogens with one attached hydrogen (secondary N) is 1. The summed E-state index contributed by atoms with van der Waals surface area (Å²) in [7, 11) is 3.77. The minimum absolute atomic E-state index is 0.592. The summed E-state index contributed by atoms with van der Waals surface area (Å²) in [6.07, 6.45) is 5.51. The van der Waals surface area contributed by atoms with Crippen LogP contribution in [0.15, 0.2) is 6.20 Å². The van der Waals surface area contributed by atoms with E-state index in [0.29, 0.717) is 12.0 Å². The molecule has 0 saturated heterocycles. The van der Waals surface area contributed by atoms with Gasteiger partial charge in [0.15, 0.2) is 5.75 Å². The SMILES string of the molecule is CCn1ncc(OC)c1C1CCC(NC)C1. The van der Waals surface area contributed by atoms with Gasteiger partial charge in [0.1, 0.15) is 0 Å². The molecule has 1 aliphatic rings. The van der Waals surface area contributed by atoms with Gasteiger partial charge in [-0.05, 0) is 33.2 Å². The fourth-order valence-electron chi connectivity index (χ4n) is 2.69. The summed E-state index contributed by atoms with van der Waals surface area (Å²) >= 11 is 0. The molecule has 16 heavy (non-hydrogen) atoms. The molecule has 4 nitrogen and oxygen atoms in total. The molecule has 2 rings (SSSR count). The Kier molecular flexibility index (Phi) is 3.49. The van der Waals surface area contributed by atoms with Crippen LogP contribution in [0.3, 0.4) is 0 Å². The highest BCUT2D eigenvalue weighted by molar-refractivity contribution is 5.29. The maximum atomic E-state index is 5.41. The third-order valence-electron chi connectivity index (χ3n) is 3.59. The lowest BCUT2D eigenvalue weighted by Crippen LogP contribution is -2.21. The Morgan fingerprint density at radius 1 is 1.56 bits per heavy atom. The van der Waals surface area contributed by atoms with E-state index in [2.05, 4.69) is 22.0 Å². The quantitative estimate of drug-likeness (QED) is 0.845. The van der Waals surface area contributed by atoms with Gasteiger partial charge in [0.2, 0.25) is 0 Å². The summed E-state index contributed by atoms with van der Waals surface area (Å²) < 4.78 is 7.48. The van der Waals surface area contributed by atoms with E-state index in [1.54, 1.807) is 7.11 Å². The highest BCUT2D eigenvalue weighted by atomic mass is 16.5. The van der Waals surface area contributed by atoms with E-state index >= 15 is 0 Å². The Labute approximate surface area is 97.0 Å². The smallest absolute Gasteiger partial charge is 0.160 e. The first-order valence-electron chi connectivity index (χ1n) is 6.07. The van der Waals surface area contributed by atoms with Gasteiger partial charge >= 0.3 is 0 Å². The summed E-state index contributed by atoms with van der Waals surface area (Å²) in [5.41, 5.74) is 1.28. The van der Waals surface area contributed by atoms with Gasteiger partial charge in [-0.3, -0.25) is 4.68 Å². The minimum Gasteiger partial charge on any atom is -0.493 e. The molecular weight excluding hydrogens is 202 g/mol. The van der Waals surface area contributed by atoms with Crippen LogP contribution < -0.4 is 10.1 Å². The van der Waals surface area contributed by atoms with Crippen LogP contribution in [-0.4, -0.2) is 30.0 Å². The highest BCUT2D eigenvalue weighted by Crippen LogP contribution is 2.38. The Balaban J connectivity index is 2.22. The summed E-state index contributed by atoms with van der Waals surface area (Å²) in [6.45, 7) is 3.04. The van der Waals surface area contributed by atoms with Gasteiger partial charge in [-0.25, -0.2) is 0 Å². The maximum absolute atomic E-state index is 5.41. The zero-order chi connectivity index (χ0) is 11.5. The van der Waals surface area contributed by atoms with Crippen molar-refractivity contribution in [2.24, 2.45) is 0 Å². The van der Waals surface area contributed by atoms with Gasteiger partial charge in [-0.1, -0.05) is 0 Å². The molecule has 90 valence electrons. The van der Waals surface area contributed by atoms with E-state index in [0.717, 1.165) is 12.3 Å². The molecule has 0 aliphatic heterocycles. The summed E-state index contributed by atoms with van der Waals surface area (Å²) in [5.74, 6) is 1.54. The Morgan fingerprint density at radius 2 is 2.38 bits per heavy atom. The summed E-state index contributed by atoms with van der Waals surface area (Å²) in [6, 6.07) is 0.648. The topological polar surface area (TPSA) is 39.1 Å². The number of methoxy groups -OCH3 is 1. The summed E-state index contributed by atoms with van der Waals surface area (Å²) in [4.78, 5) is 0. The maximum Gasteiger partial charge on any atom is 0.160 e. The van der Waals surface area contributed by atoms with E-state index in [1.807, 2.05) is 13.2 Å². The number of nitrogens with zero attached hydrogens (tertiary/aromatic N) is 2. The molecule has 0 spiro atoms. The van der Waals surface area contributed by atoms with Crippen LogP contribution >= 0.6 is 0 Å². The fraction of sp³-hybridized carbons (Fsp3) is 0.750. The Bertz CT molecular complexity index is 327. The van der Waals surface area contributed by atoms with E-state index in [9.17, 15) is 0 Å². The number of rotatable bonds is 4. The molecule has 0 bridgehead atoms. The van der Waals surface area contributed by atoms with Crippen molar-refractivity contribution >= 4 is 0 Å². The van der Waals surface area contributed by atoms with Crippen molar-refractivity contribution < 1.29 is 4.74 Å². The second-order valence-corrected chi connectivity index (χ2v) is 4.41. The van der Waals surface area contributed by atoms with Crippen molar-refractivity contribution in [3.8, 4) is 5.75 Å². The lowest BCUT2D eigenvalue weighted by Gasteiger charge is -2.14. The van der Waals surface area contributed by atoms with Gasteiger partial charge in [0, 0.05) is 18.5 Å². The van der Waals surface area contributed by atoms with Crippen molar-refractivity contribution in [2.45, 2.75) is 44.7 Å². The van der Waals surface area contributed by atoms with Crippen molar-refractivity contribution in [2.75, 3.05) is 14.2 Å². The number of hydrogen-bond donors (Lipinski definition) is 1. The predicted molar refractivity (Wildman–Crippen MR) is 63.9 cm³/mol. The molecule has 4 heteroatoms. The van der Waals surface area contributed by atoms with Crippen molar-refractivity contribution in [3.63, 3.8) is 0 Å². The van der Waals surface area contributed by atoms with Gasteiger partial charge < -0.3 is 10.1 Å². The largest absolute Gasteiger partial charge is 0.493 e. The number of ether oxygens (including phenoxy) is 1. The van der Waals surface area contributed by atoms with Crippen molar-refractivity contribution in [1.82, 2.24) is 15.1 Å². The molecule has 1 heterocycles. The molecule has 1 aromatic rings. The van der Waals surface area contributed by atoms with E-state index in [1.165, 1.54) is 25.0 Å². The average molecular weight is 223 g/mol. The molecule has 1 aromatic heterocycles. The number of aromatic nitrogens is 2. The van der Waals surface area contributed by atoms with Crippen LogP contribution in [0.4, 0.5) is 0 Å². The lowest BCUT2D eigenvalue weighted by atomic mass is 10.0. The first-order chi connectivity index (χ1) is 7.80. The third kappa shape index (κ3) is 1.94. The molecule has 1 aliphatic carbocycles. The van der Waals surface area contributed by atoms with Crippen LogP contribution in [0.2, 0.25) is 0 Å². The van der Waals surface area contributed by atoms with Gasteiger partial charge in [-0.15, -0.1) is 0 Å². The second-order valence-electron chi connectivity index (χ2n) is 4.41. The van der Waals surface area contributed by atoms with E-state index in [-0.39, 0.29) is 0 Å². The van der Waals surface area contributed by atoms with E-state index in [4.69, 9.17) is 4.74 Å². The van der Waals surface area contributed by atoms with Crippen LogP contribution in [0.1, 0.15) is 37.8 Å². The van der Waals surface area contributed by atoms with Crippen LogP contribution in [0.5, 0.6) is 5.75 Å². The standard InChI is InChI=1S/C12H21N3O/c1-4-15-12(11(16-3)8-14-15)9-5-6-10(7-9)13-2/h8-10,13H,4-7H2,1-3H3. The first kappa shape index (κ1) is 11.5. The van der Waals surface area contributed by atoms with Crippen molar-refractivity contribution in [1.29, 1.82) is 0 Å². The van der Waals surface area contributed by atoms with Crippen LogP contribution in [0.25, 0.3) is 0 Å². The molecule has 1 N–H and O–H groups in total. The lowest BCUT2D eigenvalue weighted by molar-refractivity contribution is 0.400. The molecule has 0 amide bonds. The van der Waals surface area contributed by atoms with Crippen LogP contribution in [0, 0.1) is 0 Å². The molecule has 0 aromatic carbocycles. The zero-order valence-corrected chi connectivity index (χ0v) is 10.4. The second kappa shape index (κ2) is 4.87. The number of aryl methyl sites for hydroxylation is 1. The van der Waals surface area contributed by atoms with Gasteiger partial charge in [-0.2, -0.15) is 5.10 Å². The third-order valence-corrected chi connectivity index (χ3v) is 3.59. The average Bonchev–Trinajstić information content (AvgIpc) is 2.94. The van der Waals surface area contributed by atoms with Crippen molar-refractivity contribution in [3.05, 3.63) is 11.9 Å². The molecule has 2 unspecified atom stereocenters. The Morgan fingerprint density at radius 3 is 2.94 bits per heavy atom. The first-order valence-corrected chi connectivity index (χ1v) is 6.07. The fourth-order valence-corrected chi connectivity index (χ4v) is 2.69. The molecule has 2 atom stereocenters.